The number of hydrogen-bond donors (Lipinski definition) is 1. The molecule has 0 aliphatic heterocycles. The molecule has 1 atom stereocenters. The van der Waals surface area contributed by atoms with Gasteiger partial charge >= 0.3 is 0 Å². The summed E-state index contributed by atoms with van der Waals surface area (Å²) in [5, 5.41) is 2.88. The predicted molar refractivity (Wildman–Crippen MR) is 82.0 cm³/mol. The Morgan fingerprint density at radius 1 is 1.29 bits per heavy atom. The SMILES string of the molecule is CC[C@H](Oc1ccc(C)cc1)C(=O)NCc1cccnc1. The quantitative estimate of drug-likeness (QED) is 0.887. The van der Waals surface area contributed by atoms with Crippen LogP contribution in [0.3, 0.4) is 0 Å². The molecule has 0 unspecified atom stereocenters. The fourth-order valence-corrected chi connectivity index (χ4v) is 1.91. The number of hydrogen-bond acceptors (Lipinski definition) is 3. The zero-order valence-corrected chi connectivity index (χ0v) is 12.4. The van der Waals surface area contributed by atoms with Gasteiger partial charge in [-0.3, -0.25) is 9.78 Å². The highest BCUT2D eigenvalue weighted by Gasteiger charge is 2.17. The molecular weight excluding hydrogens is 264 g/mol. The zero-order valence-electron chi connectivity index (χ0n) is 12.4. The van der Waals surface area contributed by atoms with Gasteiger partial charge in [0.15, 0.2) is 6.10 Å². The first-order valence-corrected chi connectivity index (χ1v) is 7.09. The number of ether oxygens (including phenoxy) is 1. The van der Waals surface area contributed by atoms with Crippen molar-refractivity contribution in [1.29, 1.82) is 0 Å². The summed E-state index contributed by atoms with van der Waals surface area (Å²) in [6.45, 7) is 4.41. The number of carbonyl (C=O) groups excluding carboxylic acids is 1. The van der Waals surface area contributed by atoms with E-state index in [1.807, 2.05) is 50.2 Å². The molecule has 0 aliphatic rings. The molecule has 0 saturated heterocycles. The van der Waals surface area contributed by atoms with Crippen molar-refractivity contribution in [3.05, 3.63) is 59.9 Å². The normalized spacial score (nSPS) is 11.7. The van der Waals surface area contributed by atoms with Crippen LogP contribution >= 0.6 is 0 Å². The number of aryl methyl sites for hydroxylation is 1. The van der Waals surface area contributed by atoms with Crippen LogP contribution in [-0.4, -0.2) is 17.0 Å². The fourth-order valence-electron chi connectivity index (χ4n) is 1.91. The van der Waals surface area contributed by atoms with Crippen LogP contribution in [0.15, 0.2) is 48.8 Å². The first-order chi connectivity index (χ1) is 10.2. The van der Waals surface area contributed by atoms with Gasteiger partial charge in [0.1, 0.15) is 5.75 Å². The van der Waals surface area contributed by atoms with Gasteiger partial charge in [0.2, 0.25) is 0 Å². The lowest BCUT2D eigenvalue weighted by Crippen LogP contribution is -2.37. The molecule has 110 valence electrons. The summed E-state index contributed by atoms with van der Waals surface area (Å²) in [5.74, 6) is 0.603. The molecule has 0 radical (unpaired) electrons. The molecule has 0 bridgehead atoms. The Labute approximate surface area is 125 Å². The Bertz CT molecular complexity index is 567. The van der Waals surface area contributed by atoms with Crippen LogP contribution in [0.5, 0.6) is 5.75 Å². The Morgan fingerprint density at radius 2 is 2.05 bits per heavy atom. The van der Waals surface area contributed by atoms with Gasteiger partial charge in [-0.05, 0) is 37.1 Å². The summed E-state index contributed by atoms with van der Waals surface area (Å²) in [7, 11) is 0. The highest BCUT2D eigenvalue weighted by molar-refractivity contribution is 5.81. The molecule has 0 spiro atoms. The second-order valence-corrected chi connectivity index (χ2v) is 4.91. The van der Waals surface area contributed by atoms with Crippen molar-refractivity contribution in [2.45, 2.75) is 32.9 Å². The minimum absolute atomic E-state index is 0.109. The van der Waals surface area contributed by atoms with E-state index in [9.17, 15) is 4.79 Å². The number of rotatable bonds is 6. The maximum Gasteiger partial charge on any atom is 0.261 e. The van der Waals surface area contributed by atoms with Crippen LogP contribution in [0.25, 0.3) is 0 Å². The Morgan fingerprint density at radius 3 is 2.67 bits per heavy atom. The lowest BCUT2D eigenvalue weighted by atomic mass is 10.2. The highest BCUT2D eigenvalue weighted by atomic mass is 16.5. The number of aromatic nitrogens is 1. The topological polar surface area (TPSA) is 51.2 Å². The molecule has 1 aromatic carbocycles. The van der Waals surface area contributed by atoms with Crippen molar-refractivity contribution in [1.82, 2.24) is 10.3 Å². The summed E-state index contributed by atoms with van der Waals surface area (Å²) in [6.07, 6.45) is 3.58. The summed E-state index contributed by atoms with van der Waals surface area (Å²) in [5.41, 5.74) is 2.13. The van der Waals surface area contributed by atoms with Gasteiger partial charge in [-0.15, -0.1) is 0 Å². The first kappa shape index (κ1) is 15.0. The molecule has 4 heteroatoms. The van der Waals surface area contributed by atoms with Gasteiger partial charge in [0.25, 0.3) is 5.91 Å². The Kier molecular flexibility index (Phi) is 5.32. The zero-order chi connectivity index (χ0) is 15.1. The van der Waals surface area contributed by atoms with Crippen molar-refractivity contribution in [3.8, 4) is 5.75 Å². The summed E-state index contributed by atoms with van der Waals surface area (Å²) >= 11 is 0. The van der Waals surface area contributed by atoms with E-state index < -0.39 is 6.10 Å². The maximum absolute atomic E-state index is 12.2. The number of nitrogens with zero attached hydrogens (tertiary/aromatic N) is 1. The third-order valence-corrected chi connectivity index (χ3v) is 3.15. The number of carbonyl (C=O) groups is 1. The third kappa shape index (κ3) is 4.60. The summed E-state index contributed by atoms with van der Waals surface area (Å²) < 4.78 is 5.74. The largest absolute Gasteiger partial charge is 0.481 e. The second-order valence-electron chi connectivity index (χ2n) is 4.91. The minimum Gasteiger partial charge on any atom is -0.481 e. The number of amides is 1. The molecule has 21 heavy (non-hydrogen) atoms. The van der Waals surface area contributed by atoms with E-state index in [0.717, 1.165) is 11.1 Å². The molecule has 1 N–H and O–H groups in total. The summed E-state index contributed by atoms with van der Waals surface area (Å²) in [4.78, 5) is 16.2. The lowest BCUT2D eigenvalue weighted by Gasteiger charge is -2.17. The Hall–Kier alpha value is -2.36. The number of nitrogens with one attached hydrogen (secondary N) is 1. The first-order valence-electron chi connectivity index (χ1n) is 7.09. The molecule has 0 fully saturated rings. The number of benzene rings is 1. The van der Waals surface area contributed by atoms with E-state index in [-0.39, 0.29) is 5.91 Å². The van der Waals surface area contributed by atoms with E-state index in [2.05, 4.69) is 10.3 Å². The average Bonchev–Trinajstić information content (AvgIpc) is 2.53. The van der Waals surface area contributed by atoms with Gasteiger partial charge in [-0.25, -0.2) is 0 Å². The molecule has 1 heterocycles. The van der Waals surface area contributed by atoms with Crippen LogP contribution in [0.2, 0.25) is 0 Å². The van der Waals surface area contributed by atoms with E-state index >= 15 is 0 Å². The van der Waals surface area contributed by atoms with Crippen molar-refractivity contribution in [2.75, 3.05) is 0 Å². The van der Waals surface area contributed by atoms with Gasteiger partial charge < -0.3 is 10.1 Å². The van der Waals surface area contributed by atoms with Crippen molar-refractivity contribution < 1.29 is 9.53 Å². The molecule has 1 aromatic heterocycles. The molecular formula is C17H20N2O2. The maximum atomic E-state index is 12.2. The summed E-state index contributed by atoms with van der Waals surface area (Å²) in [6, 6.07) is 11.5. The lowest BCUT2D eigenvalue weighted by molar-refractivity contribution is -0.128. The van der Waals surface area contributed by atoms with E-state index in [1.54, 1.807) is 12.4 Å². The minimum atomic E-state index is -0.482. The van der Waals surface area contributed by atoms with Crippen molar-refractivity contribution in [2.24, 2.45) is 0 Å². The van der Waals surface area contributed by atoms with Crippen LogP contribution in [0.1, 0.15) is 24.5 Å². The second kappa shape index (κ2) is 7.43. The monoisotopic (exact) mass is 284 g/mol. The van der Waals surface area contributed by atoms with E-state index in [1.165, 1.54) is 0 Å². The highest BCUT2D eigenvalue weighted by Crippen LogP contribution is 2.14. The standard InChI is InChI=1S/C17H20N2O2/c1-3-16(21-15-8-6-13(2)7-9-15)17(20)19-12-14-5-4-10-18-11-14/h4-11,16H,3,12H2,1-2H3,(H,19,20)/t16-/m0/s1. The molecule has 0 saturated carbocycles. The molecule has 2 aromatic rings. The smallest absolute Gasteiger partial charge is 0.261 e. The average molecular weight is 284 g/mol. The van der Waals surface area contributed by atoms with Crippen LogP contribution < -0.4 is 10.1 Å². The van der Waals surface area contributed by atoms with Gasteiger partial charge in [0, 0.05) is 18.9 Å². The van der Waals surface area contributed by atoms with Gasteiger partial charge in [-0.2, -0.15) is 0 Å². The molecule has 0 aliphatic carbocycles. The van der Waals surface area contributed by atoms with Crippen molar-refractivity contribution >= 4 is 5.91 Å². The van der Waals surface area contributed by atoms with Gasteiger partial charge in [-0.1, -0.05) is 30.7 Å². The predicted octanol–water partition coefficient (Wildman–Crippen LogP) is 2.86. The van der Waals surface area contributed by atoms with E-state index in [4.69, 9.17) is 4.74 Å². The number of pyridine rings is 1. The third-order valence-electron chi connectivity index (χ3n) is 3.15. The fraction of sp³-hybridized carbons (Fsp3) is 0.294. The van der Waals surface area contributed by atoms with Crippen LogP contribution in [0, 0.1) is 6.92 Å². The van der Waals surface area contributed by atoms with Gasteiger partial charge in [0.05, 0.1) is 0 Å². The van der Waals surface area contributed by atoms with Crippen LogP contribution in [0.4, 0.5) is 0 Å². The molecule has 2 rings (SSSR count). The van der Waals surface area contributed by atoms with Crippen molar-refractivity contribution in [3.63, 3.8) is 0 Å². The molecule has 4 nitrogen and oxygen atoms in total. The molecule has 1 amide bonds. The van der Waals surface area contributed by atoms with Crippen LogP contribution in [-0.2, 0) is 11.3 Å². The van der Waals surface area contributed by atoms with E-state index in [0.29, 0.717) is 18.7 Å². The Balaban J connectivity index is 1.90.